The Morgan fingerprint density at radius 3 is 3.06 bits per heavy atom. The molecule has 0 saturated heterocycles. The summed E-state index contributed by atoms with van der Waals surface area (Å²) in [4.78, 5) is 4.28. The average molecular weight is 262 g/mol. The van der Waals surface area contributed by atoms with E-state index in [2.05, 4.69) is 22.4 Å². The van der Waals surface area contributed by atoms with Crippen LogP contribution in [0.1, 0.15) is 32.1 Å². The average Bonchev–Trinajstić information content (AvgIpc) is 2.75. The number of aliphatic hydroxyl groups is 1. The number of hydrogen-bond donors (Lipinski definition) is 2. The van der Waals surface area contributed by atoms with Gasteiger partial charge in [0.2, 0.25) is 0 Å². The topological polar surface area (TPSA) is 45.1 Å². The molecular weight excluding hydrogens is 244 g/mol. The predicted octanol–water partition coefficient (Wildman–Crippen LogP) is 3.40. The van der Waals surface area contributed by atoms with E-state index in [0.717, 1.165) is 30.5 Å². The molecule has 0 spiro atoms. The number of aromatic nitrogens is 1. The van der Waals surface area contributed by atoms with Gasteiger partial charge in [0.1, 0.15) is 0 Å². The quantitative estimate of drug-likeness (QED) is 0.815. The number of nitrogens with zero attached hydrogens (tertiary/aromatic N) is 1. The van der Waals surface area contributed by atoms with Crippen molar-refractivity contribution < 1.29 is 5.11 Å². The second kappa shape index (κ2) is 5.24. The normalized spacial score (nSPS) is 24.9. The number of nitrogens with one attached hydrogen (secondary N) is 1. The number of thiazole rings is 1. The third kappa shape index (κ3) is 2.49. The molecule has 1 heterocycles. The number of fused-ring (bicyclic) bond motifs is 1. The molecule has 0 bridgehead atoms. The van der Waals surface area contributed by atoms with Crippen LogP contribution in [0, 0.1) is 0 Å². The summed E-state index contributed by atoms with van der Waals surface area (Å²) in [5.41, 5.74) is 4.01. The van der Waals surface area contributed by atoms with Gasteiger partial charge in [-0.15, -0.1) is 11.3 Å². The molecule has 1 fully saturated rings. The second-order valence-electron chi connectivity index (χ2n) is 4.99. The highest BCUT2D eigenvalue weighted by Crippen LogP contribution is 2.25. The first kappa shape index (κ1) is 11.9. The summed E-state index contributed by atoms with van der Waals surface area (Å²) in [5, 5.41) is 13.6. The molecule has 2 aromatic rings. The predicted molar refractivity (Wildman–Crippen MR) is 76.1 cm³/mol. The van der Waals surface area contributed by atoms with E-state index >= 15 is 0 Å². The van der Waals surface area contributed by atoms with Crippen molar-refractivity contribution in [2.45, 2.75) is 44.2 Å². The highest BCUT2D eigenvalue weighted by molar-refractivity contribution is 7.16. The van der Waals surface area contributed by atoms with Gasteiger partial charge < -0.3 is 10.4 Å². The monoisotopic (exact) mass is 262 g/mol. The lowest BCUT2D eigenvalue weighted by atomic mass is 10.1. The third-order valence-corrected chi connectivity index (χ3v) is 4.45. The summed E-state index contributed by atoms with van der Waals surface area (Å²) in [6, 6.07) is 6.42. The zero-order chi connectivity index (χ0) is 12.4. The van der Waals surface area contributed by atoms with Crippen LogP contribution in [0.4, 0.5) is 5.69 Å². The van der Waals surface area contributed by atoms with Gasteiger partial charge >= 0.3 is 0 Å². The fourth-order valence-electron chi connectivity index (χ4n) is 2.62. The lowest BCUT2D eigenvalue weighted by Crippen LogP contribution is -2.32. The molecule has 1 aromatic carbocycles. The molecule has 0 amide bonds. The molecule has 3 rings (SSSR count). The third-order valence-electron chi connectivity index (χ3n) is 3.66. The van der Waals surface area contributed by atoms with E-state index in [1.807, 2.05) is 11.6 Å². The van der Waals surface area contributed by atoms with Crippen LogP contribution in [-0.4, -0.2) is 22.2 Å². The van der Waals surface area contributed by atoms with E-state index in [-0.39, 0.29) is 12.1 Å². The van der Waals surface area contributed by atoms with Gasteiger partial charge in [-0.05, 0) is 31.0 Å². The van der Waals surface area contributed by atoms with Crippen LogP contribution < -0.4 is 5.32 Å². The van der Waals surface area contributed by atoms with E-state index in [1.165, 1.54) is 17.5 Å². The maximum atomic E-state index is 10.1. The summed E-state index contributed by atoms with van der Waals surface area (Å²) >= 11 is 1.65. The summed E-state index contributed by atoms with van der Waals surface area (Å²) in [6.07, 6.45) is 5.35. The molecule has 1 aliphatic rings. The first-order chi connectivity index (χ1) is 8.83. The lowest BCUT2D eigenvalue weighted by molar-refractivity contribution is 0.144. The second-order valence-corrected chi connectivity index (χ2v) is 5.88. The molecule has 2 unspecified atom stereocenters. The fourth-order valence-corrected chi connectivity index (χ4v) is 3.33. The Labute approximate surface area is 111 Å². The van der Waals surface area contributed by atoms with Gasteiger partial charge in [0.25, 0.3) is 0 Å². The molecule has 0 aliphatic heterocycles. The number of anilines is 1. The Balaban J connectivity index is 1.77. The molecule has 1 aromatic heterocycles. The van der Waals surface area contributed by atoms with E-state index < -0.39 is 0 Å². The molecule has 18 heavy (non-hydrogen) atoms. The fraction of sp³-hybridized carbons (Fsp3) is 0.500. The molecule has 2 N–H and O–H groups in total. The Morgan fingerprint density at radius 2 is 2.11 bits per heavy atom. The van der Waals surface area contributed by atoms with E-state index in [9.17, 15) is 5.11 Å². The molecule has 3 nitrogen and oxygen atoms in total. The molecule has 0 radical (unpaired) electrons. The zero-order valence-corrected chi connectivity index (χ0v) is 11.1. The van der Waals surface area contributed by atoms with Crippen molar-refractivity contribution in [2.24, 2.45) is 0 Å². The first-order valence-electron chi connectivity index (χ1n) is 6.61. The summed E-state index contributed by atoms with van der Waals surface area (Å²) < 4.78 is 1.20. The Hall–Kier alpha value is -1.13. The molecule has 1 saturated carbocycles. The highest BCUT2D eigenvalue weighted by atomic mass is 32.1. The summed E-state index contributed by atoms with van der Waals surface area (Å²) in [7, 11) is 0. The van der Waals surface area contributed by atoms with Crippen molar-refractivity contribution in [3.63, 3.8) is 0 Å². The van der Waals surface area contributed by atoms with Crippen molar-refractivity contribution >= 4 is 27.2 Å². The van der Waals surface area contributed by atoms with Crippen LogP contribution in [0.15, 0.2) is 23.7 Å². The van der Waals surface area contributed by atoms with Crippen molar-refractivity contribution in [1.82, 2.24) is 4.98 Å². The summed E-state index contributed by atoms with van der Waals surface area (Å²) in [6.45, 7) is 0. The molecular formula is C14H18N2OS. The van der Waals surface area contributed by atoms with Gasteiger partial charge in [-0.25, -0.2) is 4.98 Å². The van der Waals surface area contributed by atoms with Gasteiger partial charge in [0, 0.05) is 5.69 Å². The molecule has 96 valence electrons. The Bertz CT molecular complexity index is 525. The van der Waals surface area contributed by atoms with Gasteiger partial charge in [0.05, 0.1) is 27.9 Å². The number of rotatable bonds is 2. The number of hydrogen-bond acceptors (Lipinski definition) is 4. The first-order valence-corrected chi connectivity index (χ1v) is 7.49. The minimum absolute atomic E-state index is 0.192. The lowest BCUT2D eigenvalue weighted by Gasteiger charge is -2.22. The van der Waals surface area contributed by atoms with Gasteiger partial charge in [-0.2, -0.15) is 0 Å². The smallest absolute Gasteiger partial charge is 0.0813 e. The van der Waals surface area contributed by atoms with E-state index in [0.29, 0.717) is 0 Å². The Morgan fingerprint density at radius 1 is 1.22 bits per heavy atom. The van der Waals surface area contributed by atoms with Crippen molar-refractivity contribution in [3.05, 3.63) is 23.7 Å². The molecule has 1 aliphatic carbocycles. The van der Waals surface area contributed by atoms with Crippen LogP contribution in [0.2, 0.25) is 0 Å². The maximum Gasteiger partial charge on any atom is 0.0813 e. The number of benzene rings is 1. The molecule has 2 atom stereocenters. The van der Waals surface area contributed by atoms with E-state index in [4.69, 9.17) is 0 Å². The minimum Gasteiger partial charge on any atom is -0.391 e. The van der Waals surface area contributed by atoms with Crippen molar-refractivity contribution in [1.29, 1.82) is 0 Å². The van der Waals surface area contributed by atoms with Crippen molar-refractivity contribution in [2.75, 3.05) is 5.32 Å². The zero-order valence-electron chi connectivity index (χ0n) is 10.3. The van der Waals surface area contributed by atoms with Crippen LogP contribution >= 0.6 is 11.3 Å². The highest BCUT2D eigenvalue weighted by Gasteiger charge is 2.21. The largest absolute Gasteiger partial charge is 0.391 e. The van der Waals surface area contributed by atoms with Crippen LogP contribution in [0.3, 0.4) is 0 Å². The van der Waals surface area contributed by atoms with Gasteiger partial charge in [-0.3, -0.25) is 0 Å². The Kier molecular flexibility index (Phi) is 3.48. The van der Waals surface area contributed by atoms with Crippen molar-refractivity contribution in [3.8, 4) is 0 Å². The van der Waals surface area contributed by atoms with Crippen LogP contribution in [0.5, 0.6) is 0 Å². The van der Waals surface area contributed by atoms with Gasteiger partial charge in [0.15, 0.2) is 0 Å². The van der Waals surface area contributed by atoms with Gasteiger partial charge in [-0.1, -0.05) is 19.3 Å². The van der Waals surface area contributed by atoms with Crippen LogP contribution in [-0.2, 0) is 0 Å². The maximum absolute atomic E-state index is 10.1. The minimum atomic E-state index is -0.218. The standard InChI is InChI=1S/C14H18N2OS/c17-13-5-3-1-2-4-11(13)16-10-6-7-12-14(8-10)18-9-15-12/h6-9,11,13,16-17H,1-5H2. The molecule has 4 heteroatoms. The summed E-state index contributed by atoms with van der Waals surface area (Å²) in [5.74, 6) is 0. The van der Waals surface area contributed by atoms with Crippen LogP contribution in [0.25, 0.3) is 10.2 Å². The van der Waals surface area contributed by atoms with E-state index in [1.54, 1.807) is 11.3 Å². The SMILES string of the molecule is OC1CCCCCC1Nc1ccc2ncsc2c1. The number of aliphatic hydroxyl groups excluding tert-OH is 1.